The van der Waals surface area contributed by atoms with Gasteiger partial charge in [0, 0.05) is 18.3 Å². The van der Waals surface area contributed by atoms with Gasteiger partial charge in [0.05, 0.1) is 22.4 Å². The van der Waals surface area contributed by atoms with Crippen LogP contribution < -0.4 is 5.73 Å². The topological polar surface area (TPSA) is 56.7 Å². The van der Waals surface area contributed by atoms with E-state index in [2.05, 4.69) is 21.5 Å². The molecule has 0 unspecified atom stereocenters. The minimum Gasteiger partial charge on any atom is -0.397 e. The van der Waals surface area contributed by atoms with Gasteiger partial charge in [-0.15, -0.1) is 0 Å². The monoisotopic (exact) mass is 272 g/mol. The maximum Gasteiger partial charge on any atom is 0.143 e. The number of hydrogen-bond acceptors (Lipinski definition) is 3. The first-order valence-electron chi connectivity index (χ1n) is 6.07. The highest BCUT2D eigenvalue weighted by Gasteiger charge is 2.14. The molecule has 0 aliphatic heterocycles. The Morgan fingerprint density at radius 2 is 2.16 bits per heavy atom. The number of benzene rings is 1. The number of rotatable bonds is 2. The number of para-hydroxylation sites is 1. The third-order valence-corrected chi connectivity index (χ3v) is 3.49. The van der Waals surface area contributed by atoms with Gasteiger partial charge in [0.25, 0.3) is 0 Å². The highest BCUT2D eigenvalue weighted by Crippen LogP contribution is 2.32. The molecule has 0 aliphatic rings. The lowest BCUT2D eigenvalue weighted by Crippen LogP contribution is -2.00. The van der Waals surface area contributed by atoms with Crippen molar-refractivity contribution in [3.05, 3.63) is 41.7 Å². The Kier molecular flexibility index (Phi) is 2.87. The molecule has 0 atom stereocenters. The van der Waals surface area contributed by atoms with E-state index in [4.69, 9.17) is 17.3 Å². The third kappa shape index (κ3) is 1.85. The predicted molar refractivity (Wildman–Crippen MR) is 78.1 cm³/mol. The first-order valence-corrected chi connectivity index (χ1v) is 6.44. The van der Waals surface area contributed by atoms with Crippen LogP contribution in [-0.2, 0) is 6.54 Å². The number of aromatic nitrogens is 3. The van der Waals surface area contributed by atoms with Crippen LogP contribution in [0, 0.1) is 0 Å². The van der Waals surface area contributed by atoms with Gasteiger partial charge in [-0.3, -0.25) is 4.98 Å². The summed E-state index contributed by atoms with van der Waals surface area (Å²) in [4.78, 5) is 8.72. The van der Waals surface area contributed by atoms with Crippen LogP contribution in [0.2, 0.25) is 5.02 Å². The second kappa shape index (κ2) is 4.55. The van der Waals surface area contributed by atoms with E-state index < -0.39 is 0 Å². The van der Waals surface area contributed by atoms with Crippen molar-refractivity contribution in [2.75, 3.05) is 5.73 Å². The lowest BCUT2D eigenvalue weighted by molar-refractivity contribution is 0.796. The Morgan fingerprint density at radius 3 is 2.95 bits per heavy atom. The summed E-state index contributed by atoms with van der Waals surface area (Å²) in [5, 5.41) is 0.547. The van der Waals surface area contributed by atoms with Crippen LogP contribution in [-0.4, -0.2) is 14.5 Å². The third-order valence-electron chi connectivity index (χ3n) is 3.16. The molecular formula is C14H13ClN4. The summed E-state index contributed by atoms with van der Waals surface area (Å²) in [7, 11) is 0. The van der Waals surface area contributed by atoms with Crippen molar-refractivity contribution in [3.8, 4) is 11.4 Å². The Bertz CT molecular complexity index is 748. The molecule has 3 rings (SSSR count). The molecule has 2 aromatic heterocycles. The molecule has 0 saturated carbocycles. The summed E-state index contributed by atoms with van der Waals surface area (Å²) >= 11 is 6.08. The van der Waals surface area contributed by atoms with E-state index in [1.165, 1.54) is 0 Å². The smallest absolute Gasteiger partial charge is 0.143 e. The fourth-order valence-corrected chi connectivity index (χ4v) is 2.41. The van der Waals surface area contributed by atoms with Gasteiger partial charge in [0.2, 0.25) is 0 Å². The molecule has 3 aromatic rings. The summed E-state index contributed by atoms with van der Waals surface area (Å²) in [6.07, 6.45) is 3.52. The number of pyridine rings is 1. The van der Waals surface area contributed by atoms with Crippen molar-refractivity contribution in [1.82, 2.24) is 14.5 Å². The van der Waals surface area contributed by atoms with E-state index in [1.54, 1.807) is 18.5 Å². The van der Waals surface area contributed by atoms with E-state index in [0.717, 1.165) is 29.0 Å². The molecule has 0 aliphatic carbocycles. The Labute approximate surface area is 115 Å². The number of imidazole rings is 1. The minimum absolute atomic E-state index is 0.547. The normalized spacial score (nSPS) is 11.1. The molecule has 5 heteroatoms. The minimum atomic E-state index is 0.547. The Balaban J connectivity index is 2.33. The van der Waals surface area contributed by atoms with Gasteiger partial charge >= 0.3 is 0 Å². The number of fused-ring (bicyclic) bond motifs is 1. The maximum atomic E-state index is 6.08. The molecule has 0 spiro atoms. The zero-order valence-electron chi connectivity index (χ0n) is 10.5. The molecule has 0 radical (unpaired) electrons. The van der Waals surface area contributed by atoms with Gasteiger partial charge in [-0.05, 0) is 25.1 Å². The van der Waals surface area contributed by atoms with Crippen molar-refractivity contribution >= 4 is 28.3 Å². The van der Waals surface area contributed by atoms with Gasteiger partial charge in [-0.1, -0.05) is 17.7 Å². The van der Waals surface area contributed by atoms with Crippen molar-refractivity contribution in [1.29, 1.82) is 0 Å². The molecule has 4 nitrogen and oxygen atoms in total. The van der Waals surface area contributed by atoms with Gasteiger partial charge in [0.1, 0.15) is 11.3 Å². The lowest BCUT2D eigenvalue weighted by atomic mass is 10.1. The van der Waals surface area contributed by atoms with Crippen molar-refractivity contribution < 1.29 is 0 Å². The number of nitrogen functional groups attached to an aromatic ring is 1. The predicted octanol–water partition coefficient (Wildman–Crippen LogP) is 3.35. The van der Waals surface area contributed by atoms with E-state index in [0.29, 0.717) is 10.7 Å². The fraction of sp³-hybridized carbons (Fsp3) is 0.143. The van der Waals surface area contributed by atoms with Gasteiger partial charge in [-0.25, -0.2) is 4.98 Å². The van der Waals surface area contributed by atoms with E-state index in [-0.39, 0.29) is 0 Å². The molecule has 1 aromatic carbocycles. The number of anilines is 1. The second-order valence-electron chi connectivity index (χ2n) is 4.25. The molecule has 0 saturated heterocycles. The van der Waals surface area contributed by atoms with E-state index in [9.17, 15) is 0 Å². The zero-order valence-corrected chi connectivity index (χ0v) is 11.2. The maximum absolute atomic E-state index is 6.08. The zero-order chi connectivity index (χ0) is 13.4. The van der Waals surface area contributed by atoms with Crippen LogP contribution in [0.3, 0.4) is 0 Å². The summed E-state index contributed by atoms with van der Waals surface area (Å²) in [5.74, 6) is 0.825. The standard InChI is InChI=1S/C14H13ClN4/c1-2-19-12-6-7-17-8-11(12)18-14(19)9-4-3-5-10(15)13(9)16/h3-8H,2,16H2,1H3. The van der Waals surface area contributed by atoms with Crippen LogP contribution in [0.5, 0.6) is 0 Å². The Morgan fingerprint density at radius 1 is 1.32 bits per heavy atom. The SMILES string of the molecule is CCn1c(-c2cccc(Cl)c2N)nc2cnccc21. The van der Waals surface area contributed by atoms with Crippen molar-refractivity contribution in [2.45, 2.75) is 13.5 Å². The average Bonchev–Trinajstić information content (AvgIpc) is 2.80. The van der Waals surface area contributed by atoms with Crippen LogP contribution >= 0.6 is 11.6 Å². The number of nitrogens with zero attached hydrogens (tertiary/aromatic N) is 3. The summed E-state index contributed by atoms with van der Waals surface area (Å²) in [6.45, 7) is 2.88. The van der Waals surface area contributed by atoms with E-state index in [1.807, 2.05) is 18.2 Å². The quantitative estimate of drug-likeness (QED) is 0.728. The summed E-state index contributed by atoms with van der Waals surface area (Å²) in [6, 6.07) is 7.55. The summed E-state index contributed by atoms with van der Waals surface area (Å²) < 4.78 is 2.11. The first kappa shape index (κ1) is 12.0. The summed E-state index contributed by atoms with van der Waals surface area (Å²) in [5.41, 5.74) is 9.38. The molecular weight excluding hydrogens is 260 g/mol. The van der Waals surface area contributed by atoms with Crippen LogP contribution in [0.15, 0.2) is 36.7 Å². The number of aryl methyl sites for hydroxylation is 1. The molecule has 0 fully saturated rings. The van der Waals surface area contributed by atoms with Crippen molar-refractivity contribution in [2.24, 2.45) is 0 Å². The second-order valence-corrected chi connectivity index (χ2v) is 4.65. The van der Waals surface area contributed by atoms with Crippen LogP contribution in [0.25, 0.3) is 22.4 Å². The molecule has 19 heavy (non-hydrogen) atoms. The lowest BCUT2D eigenvalue weighted by Gasteiger charge is -2.09. The number of nitrogens with two attached hydrogens (primary N) is 1. The fourth-order valence-electron chi connectivity index (χ4n) is 2.24. The first-order chi connectivity index (χ1) is 9.22. The molecule has 0 amide bonds. The van der Waals surface area contributed by atoms with Gasteiger partial charge in [-0.2, -0.15) is 0 Å². The van der Waals surface area contributed by atoms with Crippen LogP contribution in [0.4, 0.5) is 5.69 Å². The molecule has 2 heterocycles. The van der Waals surface area contributed by atoms with E-state index >= 15 is 0 Å². The number of hydrogen-bond donors (Lipinski definition) is 1. The molecule has 2 N–H and O–H groups in total. The van der Waals surface area contributed by atoms with Gasteiger partial charge in [0.15, 0.2) is 0 Å². The average molecular weight is 273 g/mol. The van der Waals surface area contributed by atoms with Crippen molar-refractivity contribution in [3.63, 3.8) is 0 Å². The largest absolute Gasteiger partial charge is 0.397 e. The highest BCUT2D eigenvalue weighted by atomic mass is 35.5. The number of halogens is 1. The molecule has 96 valence electrons. The molecule has 0 bridgehead atoms. The van der Waals surface area contributed by atoms with Gasteiger partial charge < -0.3 is 10.3 Å². The van der Waals surface area contributed by atoms with Crippen LogP contribution in [0.1, 0.15) is 6.92 Å². The Hall–Kier alpha value is -2.07. The highest BCUT2D eigenvalue weighted by molar-refractivity contribution is 6.33.